The van der Waals surface area contributed by atoms with Crippen LogP contribution in [0.2, 0.25) is 0 Å². The number of aliphatic hydroxyl groups excluding tert-OH is 1. The number of aryl methyl sites for hydroxylation is 1. The van der Waals surface area contributed by atoms with E-state index in [2.05, 4.69) is 16.0 Å². The van der Waals surface area contributed by atoms with Crippen LogP contribution < -0.4 is 21.7 Å². The van der Waals surface area contributed by atoms with Crippen LogP contribution in [0.4, 0.5) is 9.18 Å². The van der Waals surface area contributed by atoms with Crippen LogP contribution in [-0.2, 0) is 35.6 Å². The number of halogens is 1. The fraction of sp³-hybridized carbons (Fsp3) is 0.364. The van der Waals surface area contributed by atoms with E-state index in [9.17, 15) is 23.9 Å². The quantitative estimate of drug-likeness (QED) is 0.234. The molecule has 3 atom stereocenters. The summed E-state index contributed by atoms with van der Waals surface area (Å²) in [5.41, 5.74) is 11.6. The Bertz CT molecular complexity index is 1460. The molecule has 1 aliphatic rings. The Hall–Kier alpha value is -4.28. The van der Waals surface area contributed by atoms with Crippen molar-refractivity contribution in [2.75, 3.05) is 6.54 Å². The molecule has 0 aromatic heterocycles. The van der Waals surface area contributed by atoms with Crippen LogP contribution in [0, 0.1) is 12.7 Å². The van der Waals surface area contributed by atoms with E-state index in [1.54, 1.807) is 17.9 Å². The highest BCUT2D eigenvalue weighted by molar-refractivity contribution is 5.88. The minimum Gasteiger partial charge on any atom is -0.392 e. The second-order valence-corrected chi connectivity index (χ2v) is 11.3. The molecule has 4 amide bonds. The van der Waals surface area contributed by atoms with Crippen molar-refractivity contribution >= 4 is 17.8 Å². The van der Waals surface area contributed by atoms with Crippen molar-refractivity contribution in [3.05, 3.63) is 94.3 Å². The normalized spacial score (nSPS) is 16.2. The predicted octanol–water partition coefficient (Wildman–Crippen LogP) is 3.29. The standard InChI is InChI=1S/C33H40FN5O4/c1-20-5-4-6-28(29(20)17-37-33(35)43)24-9-7-23(8-10-24)18-39-19-25-11-12-27(34)14-26(25)15-30(32(39)42)38-31(41)13-21(2)36-16-22(3)40/h4-12,14,21-22,30,36,40H,13,15-19H2,1-3H3,(H,38,41)(H3,35,37,43)/t21?,22-,30-/m1/s1. The van der Waals surface area contributed by atoms with E-state index in [-0.39, 0.29) is 37.2 Å². The van der Waals surface area contributed by atoms with E-state index in [0.29, 0.717) is 25.2 Å². The lowest BCUT2D eigenvalue weighted by Crippen LogP contribution is -2.49. The molecule has 0 saturated heterocycles. The van der Waals surface area contributed by atoms with Crippen molar-refractivity contribution in [1.29, 1.82) is 0 Å². The minimum absolute atomic E-state index is 0.129. The summed E-state index contributed by atoms with van der Waals surface area (Å²) in [5.74, 6) is -0.928. The van der Waals surface area contributed by atoms with Gasteiger partial charge in [0.1, 0.15) is 11.9 Å². The number of nitrogens with one attached hydrogen (secondary N) is 3. The first kappa shape index (κ1) is 31.7. The molecule has 3 aromatic carbocycles. The zero-order chi connectivity index (χ0) is 31.1. The molecule has 6 N–H and O–H groups in total. The Morgan fingerprint density at radius 1 is 1.09 bits per heavy atom. The Morgan fingerprint density at radius 3 is 2.53 bits per heavy atom. The number of fused-ring (bicyclic) bond motifs is 1. The number of primary amides is 1. The monoisotopic (exact) mass is 589 g/mol. The smallest absolute Gasteiger partial charge is 0.312 e. The third-order valence-corrected chi connectivity index (χ3v) is 7.64. The Balaban J connectivity index is 1.53. The summed E-state index contributed by atoms with van der Waals surface area (Å²) >= 11 is 0. The molecule has 0 fully saturated rings. The van der Waals surface area contributed by atoms with Gasteiger partial charge in [0.15, 0.2) is 0 Å². The van der Waals surface area contributed by atoms with Crippen molar-refractivity contribution in [1.82, 2.24) is 20.9 Å². The van der Waals surface area contributed by atoms with Crippen LogP contribution in [0.3, 0.4) is 0 Å². The number of nitrogens with two attached hydrogens (primary N) is 1. The number of hydrogen-bond acceptors (Lipinski definition) is 5. The summed E-state index contributed by atoms with van der Waals surface area (Å²) in [5, 5.41) is 18.1. The van der Waals surface area contributed by atoms with Gasteiger partial charge in [-0.2, -0.15) is 0 Å². The lowest BCUT2D eigenvalue weighted by atomic mass is 9.95. The van der Waals surface area contributed by atoms with E-state index in [4.69, 9.17) is 5.73 Å². The van der Waals surface area contributed by atoms with Gasteiger partial charge in [-0.1, -0.05) is 48.5 Å². The van der Waals surface area contributed by atoms with Crippen LogP contribution in [0.1, 0.15) is 48.1 Å². The number of aliphatic hydroxyl groups is 1. The Kier molecular flexibility index (Phi) is 10.5. The number of rotatable bonds is 11. The first-order chi connectivity index (χ1) is 20.5. The molecular weight excluding hydrogens is 549 g/mol. The van der Waals surface area contributed by atoms with Gasteiger partial charge in [-0.15, -0.1) is 0 Å². The lowest BCUT2D eigenvalue weighted by molar-refractivity contribution is -0.137. The van der Waals surface area contributed by atoms with E-state index in [1.165, 1.54) is 12.1 Å². The first-order valence-electron chi connectivity index (χ1n) is 14.5. The number of nitrogens with zero attached hydrogens (tertiary/aromatic N) is 1. The number of benzene rings is 3. The zero-order valence-electron chi connectivity index (χ0n) is 24.8. The van der Waals surface area contributed by atoms with Gasteiger partial charge >= 0.3 is 6.03 Å². The van der Waals surface area contributed by atoms with Crippen LogP contribution >= 0.6 is 0 Å². The maximum atomic E-state index is 14.2. The van der Waals surface area contributed by atoms with Gasteiger partial charge in [-0.05, 0) is 71.8 Å². The lowest BCUT2D eigenvalue weighted by Gasteiger charge is -2.26. The molecule has 0 spiro atoms. The maximum Gasteiger partial charge on any atom is 0.312 e. The molecule has 1 aliphatic heterocycles. The van der Waals surface area contributed by atoms with E-state index >= 15 is 0 Å². The van der Waals surface area contributed by atoms with Gasteiger partial charge in [0.25, 0.3) is 0 Å². The van der Waals surface area contributed by atoms with E-state index in [1.807, 2.05) is 56.3 Å². The topological polar surface area (TPSA) is 137 Å². The second-order valence-electron chi connectivity index (χ2n) is 11.3. The molecule has 0 radical (unpaired) electrons. The molecule has 0 bridgehead atoms. The summed E-state index contributed by atoms with van der Waals surface area (Å²) in [4.78, 5) is 39.7. The maximum absolute atomic E-state index is 14.2. The number of amides is 4. The number of urea groups is 1. The highest BCUT2D eigenvalue weighted by atomic mass is 19.1. The summed E-state index contributed by atoms with van der Waals surface area (Å²) in [7, 11) is 0. The van der Waals surface area contributed by atoms with Crippen LogP contribution in [0.5, 0.6) is 0 Å². The molecule has 10 heteroatoms. The van der Waals surface area contributed by atoms with Gasteiger partial charge in [0.05, 0.1) is 6.10 Å². The van der Waals surface area contributed by atoms with Crippen molar-refractivity contribution < 1.29 is 23.9 Å². The predicted molar refractivity (Wildman–Crippen MR) is 163 cm³/mol. The average molecular weight is 590 g/mol. The second kappa shape index (κ2) is 14.3. The number of carbonyl (C=O) groups is 3. The third-order valence-electron chi connectivity index (χ3n) is 7.64. The van der Waals surface area contributed by atoms with Gasteiger partial charge in [-0.3, -0.25) is 9.59 Å². The summed E-state index contributed by atoms with van der Waals surface area (Å²) in [6.45, 7) is 6.73. The van der Waals surface area contributed by atoms with E-state index in [0.717, 1.165) is 33.4 Å². The largest absolute Gasteiger partial charge is 0.392 e. The molecular formula is C33H40FN5O4. The van der Waals surface area contributed by atoms with Crippen LogP contribution in [-0.4, -0.2) is 52.6 Å². The molecule has 228 valence electrons. The van der Waals surface area contributed by atoms with E-state index < -0.39 is 24.0 Å². The number of carbonyl (C=O) groups excluding carboxylic acids is 3. The highest BCUT2D eigenvalue weighted by Gasteiger charge is 2.31. The highest BCUT2D eigenvalue weighted by Crippen LogP contribution is 2.28. The van der Waals surface area contributed by atoms with Gasteiger partial charge < -0.3 is 31.7 Å². The summed E-state index contributed by atoms with van der Waals surface area (Å²) in [6, 6.07) is 16.7. The molecule has 0 saturated carbocycles. The SMILES string of the molecule is Cc1cccc(-c2ccc(CN3Cc4ccc(F)cc4C[C@@H](NC(=O)CC(C)NC[C@@H](C)O)C3=O)cc2)c1CNC(N)=O. The molecule has 4 rings (SSSR count). The first-order valence-corrected chi connectivity index (χ1v) is 14.5. The van der Waals surface area contributed by atoms with Crippen molar-refractivity contribution in [3.63, 3.8) is 0 Å². The Morgan fingerprint density at radius 2 is 1.84 bits per heavy atom. The molecule has 43 heavy (non-hydrogen) atoms. The molecule has 3 aromatic rings. The van der Waals surface area contributed by atoms with Crippen LogP contribution in [0.25, 0.3) is 11.1 Å². The van der Waals surface area contributed by atoms with Gasteiger partial charge in [0, 0.05) is 45.1 Å². The summed E-state index contributed by atoms with van der Waals surface area (Å²) in [6.07, 6.45) is -0.220. The fourth-order valence-corrected chi connectivity index (χ4v) is 5.36. The summed E-state index contributed by atoms with van der Waals surface area (Å²) < 4.78 is 14.2. The van der Waals surface area contributed by atoms with Crippen molar-refractivity contribution in [2.24, 2.45) is 5.73 Å². The molecule has 1 unspecified atom stereocenters. The average Bonchev–Trinajstić information content (AvgIpc) is 3.07. The minimum atomic E-state index is -0.841. The zero-order valence-corrected chi connectivity index (χ0v) is 24.8. The number of hydrogen-bond donors (Lipinski definition) is 5. The van der Waals surface area contributed by atoms with Crippen LogP contribution in [0.15, 0.2) is 60.7 Å². The molecule has 0 aliphatic carbocycles. The van der Waals surface area contributed by atoms with Gasteiger partial charge in [0.2, 0.25) is 11.8 Å². The molecule has 1 heterocycles. The molecule has 9 nitrogen and oxygen atoms in total. The van der Waals surface area contributed by atoms with Gasteiger partial charge in [-0.25, -0.2) is 9.18 Å². The Labute approximate surface area is 251 Å². The van der Waals surface area contributed by atoms with Crippen molar-refractivity contribution in [2.45, 2.75) is 71.4 Å². The third kappa shape index (κ3) is 8.62. The fourth-order valence-electron chi connectivity index (χ4n) is 5.36. The van der Waals surface area contributed by atoms with Crippen molar-refractivity contribution in [3.8, 4) is 11.1 Å².